The van der Waals surface area contributed by atoms with Crippen LogP contribution in [0.5, 0.6) is 5.75 Å². The minimum Gasteiger partial charge on any atom is -0.490 e. The van der Waals surface area contributed by atoms with Gasteiger partial charge >= 0.3 is 18.3 Å². The van der Waals surface area contributed by atoms with Gasteiger partial charge in [-0.3, -0.25) is 0 Å². The zero-order chi connectivity index (χ0) is 31.1. The number of hydrogen-bond acceptors (Lipinski definition) is 7. The fourth-order valence-corrected chi connectivity index (χ4v) is 3.81. The molecular formula is C29H46BrFN2O7. The average Bonchev–Trinajstić information content (AvgIpc) is 2.75. The Balaban J connectivity index is 3.01. The molecule has 0 spiro atoms. The summed E-state index contributed by atoms with van der Waals surface area (Å²) in [6, 6.07) is 2.80. The van der Waals surface area contributed by atoms with E-state index >= 15 is 0 Å². The first-order valence-electron chi connectivity index (χ1n) is 13.5. The van der Waals surface area contributed by atoms with Crippen molar-refractivity contribution < 1.29 is 37.7 Å². The number of carbonyl (C=O) groups is 3. The summed E-state index contributed by atoms with van der Waals surface area (Å²) in [5.74, 6) is -0.0838. The Morgan fingerprint density at radius 3 is 1.80 bits per heavy atom. The third kappa shape index (κ3) is 12.7. The van der Waals surface area contributed by atoms with Crippen molar-refractivity contribution in [3.05, 3.63) is 28.0 Å². The van der Waals surface area contributed by atoms with Gasteiger partial charge in [-0.05, 0) is 117 Å². The Labute approximate surface area is 246 Å². The van der Waals surface area contributed by atoms with Crippen molar-refractivity contribution in [1.29, 1.82) is 0 Å². The van der Waals surface area contributed by atoms with Gasteiger partial charge in [0.1, 0.15) is 28.4 Å². The third-order valence-corrected chi connectivity index (χ3v) is 5.94. The lowest BCUT2D eigenvalue weighted by Gasteiger charge is -2.29. The number of amides is 3. The lowest BCUT2D eigenvalue weighted by molar-refractivity contribution is 0.000593. The molecule has 0 saturated heterocycles. The molecule has 0 saturated carbocycles. The van der Waals surface area contributed by atoms with Crippen molar-refractivity contribution in [2.24, 2.45) is 0 Å². The summed E-state index contributed by atoms with van der Waals surface area (Å²) < 4.78 is 37.1. The van der Waals surface area contributed by atoms with Crippen molar-refractivity contribution in [2.75, 3.05) is 13.1 Å². The smallest absolute Gasteiger partial charge is 0.419 e. The fraction of sp³-hybridized carbons (Fsp3) is 0.690. The standard InChI is InChI=1S/C29H46BrFN2O7/c1-12-32(24(34)38-27(3,4)5)18-20-22(16-15-21(31)23(20)30)37-19(2)14-13-17-33(25(35)39-28(6,7)8)26(36)40-29(9,10)11/h15-16,19H,12-14,17-18H2,1-11H3/t19-/m0/s1. The van der Waals surface area contributed by atoms with E-state index in [2.05, 4.69) is 15.9 Å². The lowest BCUT2D eigenvalue weighted by atomic mass is 10.1. The van der Waals surface area contributed by atoms with E-state index in [4.69, 9.17) is 18.9 Å². The van der Waals surface area contributed by atoms with Crippen molar-refractivity contribution in [3.8, 4) is 5.75 Å². The Morgan fingerprint density at radius 2 is 1.35 bits per heavy atom. The van der Waals surface area contributed by atoms with Gasteiger partial charge in [0.25, 0.3) is 0 Å². The van der Waals surface area contributed by atoms with E-state index in [0.29, 0.717) is 30.7 Å². The molecule has 0 fully saturated rings. The molecular weight excluding hydrogens is 587 g/mol. The zero-order valence-corrected chi connectivity index (χ0v) is 27.4. The molecule has 0 aliphatic heterocycles. The van der Waals surface area contributed by atoms with E-state index in [0.717, 1.165) is 4.90 Å². The summed E-state index contributed by atoms with van der Waals surface area (Å²) in [5.41, 5.74) is -1.79. The normalized spacial score (nSPS) is 12.8. The van der Waals surface area contributed by atoms with Gasteiger partial charge in [-0.25, -0.2) is 23.7 Å². The quantitative estimate of drug-likeness (QED) is 0.254. The number of benzene rings is 1. The van der Waals surface area contributed by atoms with E-state index in [1.165, 1.54) is 17.0 Å². The van der Waals surface area contributed by atoms with Crippen LogP contribution >= 0.6 is 15.9 Å². The number of halogens is 2. The van der Waals surface area contributed by atoms with Crippen molar-refractivity contribution in [1.82, 2.24) is 9.80 Å². The predicted octanol–water partition coefficient (Wildman–Crippen LogP) is 8.06. The van der Waals surface area contributed by atoms with Crippen LogP contribution in [0.1, 0.15) is 94.6 Å². The highest BCUT2D eigenvalue weighted by molar-refractivity contribution is 9.10. The van der Waals surface area contributed by atoms with Gasteiger partial charge in [0.05, 0.1) is 17.1 Å². The molecule has 1 rings (SSSR count). The molecule has 0 heterocycles. The Hall–Kier alpha value is -2.56. The first kappa shape index (κ1) is 35.5. The Morgan fingerprint density at radius 1 is 0.875 bits per heavy atom. The molecule has 40 heavy (non-hydrogen) atoms. The van der Waals surface area contributed by atoms with Crippen molar-refractivity contribution in [2.45, 2.75) is 118 Å². The van der Waals surface area contributed by atoms with Crippen LogP contribution in [0.2, 0.25) is 0 Å². The van der Waals surface area contributed by atoms with E-state index < -0.39 is 40.9 Å². The highest BCUT2D eigenvalue weighted by atomic mass is 79.9. The molecule has 3 amide bonds. The zero-order valence-electron chi connectivity index (χ0n) is 25.8. The van der Waals surface area contributed by atoms with Gasteiger partial charge in [-0.2, -0.15) is 0 Å². The van der Waals surface area contributed by atoms with Crippen LogP contribution in [-0.2, 0) is 20.8 Å². The van der Waals surface area contributed by atoms with Gasteiger partial charge in [-0.15, -0.1) is 0 Å². The molecule has 1 aromatic rings. The SMILES string of the molecule is CCN(Cc1c(O[C@@H](C)CCCN(C(=O)OC(C)(C)C)C(=O)OC(C)(C)C)ccc(F)c1Br)C(=O)OC(C)(C)C. The molecule has 0 aliphatic carbocycles. The topological polar surface area (TPSA) is 94.6 Å². The number of hydrogen-bond donors (Lipinski definition) is 0. The van der Waals surface area contributed by atoms with Crippen molar-refractivity contribution >= 4 is 34.2 Å². The van der Waals surface area contributed by atoms with E-state index in [9.17, 15) is 18.8 Å². The van der Waals surface area contributed by atoms with Gasteiger partial charge in [0.15, 0.2) is 0 Å². The first-order chi connectivity index (χ1) is 18.1. The van der Waals surface area contributed by atoms with Crippen LogP contribution in [0.15, 0.2) is 16.6 Å². The maximum absolute atomic E-state index is 14.5. The van der Waals surface area contributed by atoms with Gasteiger partial charge in [0, 0.05) is 18.7 Å². The van der Waals surface area contributed by atoms with Crippen LogP contribution in [-0.4, -0.2) is 64.1 Å². The Kier molecular flexibility index (Phi) is 12.7. The van der Waals surface area contributed by atoms with E-state index in [1.807, 2.05) is 6.92 Å². The molecule has 11 heteroatoms. The highest BCUT2D eigenvalue weighted by Gasteiger charge is 2.31. The highest BCUT2D eigenvalue weighted by Crippen LogP contribution is 2.32. The summed E-state index contributed by atoms with van der Waals surface area (Å²) in [4.78, 5) is 40.6. The molecule has 0 N–H and O–H groups in total. The number of ether oxygens (including phenoxy) is 4. The lowest BCUT2D eigenvalue weighted by Crippen LogP contribution is -2.44. The number of carbonyl (C=O) groups excluding carboxylic acids is 3. The summed E-state index contributed by atoms with van der Waals surface area (Å²) in [6.07, 6.45) is -1.61. The van der Waals surface area contributed by atoms with E-state index in [1.54, 1.807) is 69.2 Å². The van der Waals surface area contributed by atoms with Crippen LogP contribution < -0.4 is 4.74 Å². The minimum atomic E-state index is -0.790. The number of nitrogens with zero attached hydrogens (tertiary/aromatic N) is 2. The van der Waals surface area contributed by atoms with Gasteiger partial charge in [-0.1, -0.05) is 0 Å². The maximum atomic E-state index is 14.5. The molecule has 228 valence electrons. The molecule has 0 aliphatic rings. The number of imide groups is 1. The van der Waals surface area contributed by atoms with Crippen LogP contribution in [0.3, 0.4) is 0 Å². The van der Waals surface area contributed by atoms with Crippen LogP contribution in [0.25, 0.3) is 0 Å². The van der Waals surface area contributed by atoms with Gasteiger partial charge in [0.2, 0.25) is 0 Å². The van der Waals surface area contributed by atoms with Gasteiger partial charge < -0.3 is 23.8 Å². The third-order valence-electron chi connectivity index (χ3n) is 5.08. The summed E-state index contributed by atoms with van der Waals surface area (Å²) in [5, 5.41) is 0. The minimum absolute atomic E-state index is 0.0553. The second kappa shape index (κ2) is 14.4. The fourth-order valence-electron chi connectivity index (χ4n) is 3.36. The molecule has 9 nitrogen and oxygen atoms in total. The molecule has 1 aromatic carbocycles. The van der Waals surface area contributed by atoms with Crippen LogP contribution in [0.4, 0.5) is 18.8 Å². The molecule has 0 radical (unpaired) electrons. The second-order valence-corrected chi connectivity index (χ2v) is 13.3. The summed E-state index contributed by atoms with van der Waals surface area (Å²) in [7, 11) is 0. The predicted molar refractivity (Wildman–Crippen MR) is 155 cm³/mol. The maximum Gasteiger partial charge on any atom is 0.419 e. The summed E-state index contributed by atoms with van der Waals surface area (Å²) >= 11 is 3.30. The molecule has 0 bridgehead atoms. The Bertz CT molecular complexity index is 1000. The second-order valence-electron chi connectivity index (χ2n) is 12.5. The molecule has 1 atom stereocenters. The largest absolute Gasteiger partial charge is 0.490 e. The average molecular weight is 634 g/mol. The van der Waals surface area contributed by atoms with E-state index in [-0.39, 0.29) is 23.7 Å². The van der Waals surface area contributed by atoms with Crippen molar-refractivity contribution in [3.63, 3.8) is 0 Å². The first-order valence-corrected chi connectivity index (χ1v) is 14.3. The molecule has 0 unspecified atom stereocenters. The summed E-state index contributed by atoms with van der Waals surface area (Å²) in [6.45, 7) is 19.7. The molecule has 0 aromatic heterocycles. The monoisotopic (exact) mass is 632 g/mol. The number of rotatable bonds is 9. The van der Waals surface area contributed by atoms with Crippen LogP contribution in [0, 0.1) is 5.82 Å².